The molecule has 6 nitrogen and oxygen atoms in total. The quantitative estimate of drug-likeness (QED) is 0.431. The minimum absolute atomic E-state index is 0.244. The zero-order valence-electron chi connectivity index (χ0n) is 16.2. The Morgan fingerprint density at radius 3 is 2.80 bits per heavy atom. The summed E-state index contributed by atoms with van der Waals surface area (Å²) in [5, 5.41) is 9.65. The second kappa shape index (κ2) is 9.11. The molecule has 0 bridgehead atoms. The number of aryl methyl sites for hydroxylation is 1. The van der Waals surface area contributed by atoms with Crippen molar-refractivity contribution >= 4 is 34.8 Å². The summed E-state index contributed by atoms with van der Waals surface area (Å²) in [7, 11) is 0. The lowest BCUT2D eigenvalue weighted by molar-refractivity contribution is 0.102. The number of nitrogens with one attached hydrogen (secondary N) is 1. The van der Waals surface area contributed by atoms with Gasteiger partial charge in [-0.15, -0.1) is 16.4 Å². The molecule has 8 heteroatoms. The maximum Gasteiger partial charge on any atom is 0.268 e. The summed E-state index contributed by atoms with van der Waals surface area (Å²) in [5.41, 5.74) is 3.26. The molecule has 4 aromatic rings. The molecule has 0 saturated carbocycles. The number of benzene rings is 2. The Kier molecular flexibility index (Phi) is 6.11. The number of aromatic nitrogens is 3. The number of hydrogen-bond acceptors (Lipinski definition) is 5. The first kappa shape index (κ1) is 20.1. The van der Waals surface area contributed by atoms with Crippen molar-refractivity contribution in [1.82, 2.24) is 14.8 Å². The Balaban J connectivity index is 1.34. The number of thiophene rings is 1. The van der Waals surface area contributed by atoms with E-state index in [1.165, 1.54) is 16.9 Å². The fraction of sp³-hybridized carbons (Fsp3) is 0.136. The molecule has 30 heavy (non-hydrogen) atoms. The molecule has 4 rings (SSSR count). The van der Waals surface area contributed by atoms with E-state index in [0.717, 1.165) is 16.9 Å². The lowest BCUT2D eigenvalue weighted by atomic mass is 10.1. The molecule has 0 radical (unpaired) electrons. The highest BCUT2D eigenvalue weighted by Gasteiger charge is 2.12. The summed E-state index contributed by atoms with van der Waals surface area (Å²) in [4.78, 5) is 17.3. The van der Waals surface area contributed by atoms with Crippen LogP contribution in [0.15, 0.2) is 66.3 Å². The number of ether oxygens (including phenoxy) is 1. The summed E-state index contributed by atoms with van der Waals surface area (Å²) in [6.07, 6.45) is 1.61. The maximum absolute atomic E-state index is 12.5. The third-order valence-electron chi connectivity index (χ3n) is 4.45. The number of rotatable bonds is 7. The largest absolute Gasteiger partial charge is 0.489 e. The van der Waals surface area contributed by atoms with Gasteiger partial charge in [0.15, 0.2) is 0 Å². The van der Waals surface area contributed by atoms with Crippen LogP contribution in [0.5, 0.6) is 5.75 Å². The molecule has 152 valence electrons. The summed E-state index contributed by atoms with van der Waals surface area (Å²) in [5.74, 6) is 0.757. The number of nitrogens with zero attached hydrogens (tertiary/aromatic N) is 3. The van der Waals surface area contributed by atoms with Crippen molar-refractivity contribution in [3.05, 3.63) is 92.9 Å². The Labute approximate surface area is 183 Å². The molecule has 2 aromatic carbocycles. The fourth-order valence-corrected chi connectivity index (χ4v) is 3.74. The lowest BCUT2D eigenvalue weighted by Crippen LogP contribution is -2.12. The first-order valence-electron chi connectivity index (χ1n) is 9.28. The van der Waals surface area contributed by atoms with E-state index in [2.05, 4.69) is 34.5 Å². The van der Waals surface area contributed by atoms with Gasteiger partial charge in [0.05, 0.1) is 11.4 Å². The van der Waals surface area contributed by atoms with Crippen LogP contribution in [0.4, 0.5) is 5.95 Å². The SMILES string of the molecule is Cc1ccccc1Cn1cnc(NC(=O)c2cc(COc3ccc(Cl)cc3)cs2)n1. The minimum atomic E-state index is -0.244. The maximum atomic E-state index is 12.5. The van der Waals surface area contributed by atoms with Crippen molar-refractivity contribution in [1.29, 1.82) is 0 Å². The van der Waals surface area contributed by atoms with Crippen molar-refractivity contribution in [2.45, 2.75) is 20.1 Å². The van der Waals surface area contributed by atoms with Crippen LogP contribution in [0, 0.1) is 6.92 Å². The number of carbonyl (C=O) groups is 1. The topological polar surface area (TPSA) is 69.0 Å². The Morgan fingerprint density at radius 1 is 1.20 bits per heavy atom. The molecule has 0 unspecified atom stereocenters. The number of amides is 1. The fourth-order valence-electron chi connectivity index (χ4n) is 2.82. The second-order valence-electron chi connectivity index (χ2n) is 6.71. The van der Waals surface area contributed by atoms with E-state index in [4.69, 9.17) is 16.3 Å². The Bertz CT molecular complexity index is 1150. The molecule has 2 heterocycles. The van der Waals surface area contributed by atoms with Gasteiger partial charge in [-0.25, -0.2) is 9.67 Å². The Morgan fingerprint density at radius 2 is 2.00 bits per heavy atom. The van der Waals surface area contributed by atoms with Crippen LogP contribution in [-0.2, 0) is 13.2 Å². The summed E-state index contributed by atoms with van der Waals surface area (Å²) in [6.45, 7) is 3.02. The average molecular weight is 439 g/mol. The first-order valence-corrected chi connectivity index (χ1v) is 10.5. The van der Waals surface area contributed by atoms with Gasteiger partial charge in [-0.05, 0) is 53.8 Å². The van der Waals surface area contributed by atoms with Crippen LogP contribution >= 0.6 is 22.9 Å². The predicted molar refractivity (Wildman–Crippen MR) is 118 cm³/mol. The van der Waals surface area contributed by atoms with Crippen LogP contribution in [-0.4, -0.2) is 20.7 Å². The van der Waals surface area contributed by atoms with Crippen molar-refractivity contribution in [3.63, 3.8) is 0 Å². The van der Waals surface area contributed by atoms with Crippen LogP contribution in [0.3, 0.4) is 0 Å². The van der Waals surface area contributed by atoms with E-state index in [-0.39, 0.29) is 11.9 Å². The highest BCUT2D eigenvalue weighted by molar-refractivity contribution is 7.12. The predicted octanol–water partition coefficient (Wildman–Crippen LogP) is 5.18. The third kappa shape index (κ3) is 5.06. The molecule has 0 spiro atoms. The highest BCUT2D eigenvalue weighted by atomic mass is 35.5. The van der Waals surface area contributed by atoms with Gasteiger partial charge < -0.3 is 4.74 Å². The molecule has 0 saturated heterocycles. The third-order valence-corrected chi connectivity index (χ3v) is 5.68. The molecule has 0 aliphatic heterocycles. The van der Waals surface area contributed by atoms with Gasteiger partial charge in [0.1, 0.15) is 18.7 Å². The molecule has 0 atom stereocenters. The van der Waals surface area contributed by atoms with Crippen molar-refractivity contribution in [2.24, 2.45) is 0 Å². The van der Waals surface area contributed by atoms with Gasteiger partial charge in [0.25, 0.3) is 5.91 Å². The lowest BCUT2D eigenvalue weighted by Gasteiger charge is -2.04. The van der Waals surface area contributed by atoms with Crippen molar-refractivity contribution in [2.75, 3.05) is 5.32 Å². The van der Waals surface area contributed by atoms with Gasteiger partial charge in [-0.2, -0.15) is 0 Å². The molecule has 0 aliphatic carbocycles. The molecule has 1 N–H and O–H groups in total. The van der Waals surface area contributed by atoms with Crippen LogP contribution in [0.25, 0.3) is 0 Å². The summed E-state index contributed by atoms with van der Waals surface area (Å²) in [6, 6.07) is 17.1. The van der Waals surface area contributed by atoms with E-state index in [0.29, 0.717) is 23.1 Å². The highest BCUT2D eigenvalue weighted by Crippen LogP contribution is 2.20. The summed E-state index contributed by atoms with van der Waals surface area (Å²) >= 11 is 7.22. The van der Waals surface area contributed by atoms with E-state index >= 15 is 0 Å². The number of carbonyl (C=O) groups excluding carboxylic acids is 1. The normalized spacial score (nSPS) is 10.7. The molecule has 0 fully saturated rings. The molecule has 0 aliphatic rings. The first-order chi connectivity index (χ1) is 14.6. The van der Waals surface area contributed by atoms with Crippen LogP contribution in [0.1, 0.15) is 26.4 Å². The van der Waals surface area contributed by atoms with Crippen LogP contribution < -0.4 is 10.1 Å². The minimum Gasteiger partial charge on any atom is -0.489 e. The smallest absolute Gasteiger partial charge is 0.268 e. The van der Waals surface area contributed by atoms with E-state index in [1.807, 2.05) is 17.5 Å². The van der Waals surface area contributed by atoms with E-state index in [9.17, 15) is 4.79 Å². The zero-order chi connectivity index (χ0) is 20.9. The zero-order valence-corrected chi connectivity index (χ0v) is 17.8. The Hall–Kier alpha value is -3.16. The average Bonchev–Trinajstić information content (AvgIpc) is 3.39. The summed E-state index contributed by atoms with van der Waals surface area (Å²) < 4.78 is 7.42. The van der Waals surface area contributed by atoms with E-state index in [1.54, 1.807) is 41.3 Å². The van der Waals surface area contributed by atoms with Gasteiger partial charge in [-0.1, -0.05) is 35.9 Å². The molecule has 2 aromatic heterocycles. The van der Waals surface area contributed by atoms with Gasteiger partial charge in [0, 0.05) is 10.6 Å². The van der Waals surface area contributed by atoms with Crippen molar-refractivity contribution < 1.29 is 9.53 Å². The van der Waals surface area contributed by atoms with Gasteiger partial charge in [0.2, 0.25) is 5.95 Å². The van der Waals surface area contributed by atoms with E-state index < -0.39 is 0 Å². The van der Waals surface area contributed by atoms with Gasteiger partial charge >= 0.3 is 0 Å². The van der Waals surface area contributed by atoms with Crippen molar-refractivity contribution in [3.8, 4) is 5.75 Å². The standard InChI is InChI=1S/C22H19ClN4O2S/c1-15-4-2-3-5-17(15)11-27-14-24-22(26-27)25-21(28)20-10-16(13-30-20)12-29-19-8-6-18(23)7-9-19/h2-10,13-14H,11-12H2,1H3,(H,25,26,28). The second-order valence-corrected chi connectivity index (χ2v) is 8.06. The van der Waals surface area contributed by atoms with Gasteiger partial charge in [-0.3, -0.25) is 10.1 Å². The number of anilines is 1. The molecular weight excluding hydrogens is 420 g/mol. The monoisotopic (exact) mass is 438 g/mol. The molecular formula is C22H19ClN4O2S. The molecule has 1 amide bonds. The number of hydrogen-bond donors (Lipinski definition) is 1. The van der Waals surface area contributed by atoms with Crippen LogP contribution in [0.2, 0.25) is 5.02 Å². The number of halogens is 1.